The topological polar surface area (TPSA) is 55.2 Å². The van der Waals surface area contributed by atoms with Crippen LogP contribution >= 0.6 is 0 Å². The van der Waals surface area contributed by atoms with Gasteiger partial charge in [0.25, 0.3) is 5.56 Å². The van der Waals surface area contributed by atoms with E-state index in [1.807, 2.05) is 121 Å². The molecule has 196 valence electrons. The quantitative estimate of drug-likeness (QED) is 0.214. The molecule has 5 heteroatoms. The van der Waals surface area contributed by atoms with Gasteiger partial charge in [0, 0.05) is 6.54 Å². The Kier molecular flexibility index (Phi) is 7.97. The van der Waals surface area contributed by atoms with Crippen LogP contribution in [0.3, 0.4) is 0 Å². The van der Waals surface area contributed by atoms with E-state index in [0.29, 0.717) is 23.3 Å². The number of aromatic nitrogens is 2. The summed E-state index contributed by atoms with van der Waals surface area (Å²) in [5, 5.41) is 0.551. The van der Waals surface area contributed by atoms with Crippen molar-refractivity contribution in [3.05, 3.63) is 143 Å². The van der Waals surface area contributed by atoms with Crippen molar-refractivity contribution in [3.63, 3.8) is 0 Å². The van der Waals surface area contributed by atoms with Crippen molar-refractivity contribution in [2.75, 3.05) is 6.54 Å². The summed E-state index contributed by atoms with van der Waals surface area (Å²) in [5.41, 5.74) is 3.10. The van der Waals surface area contributed by atoms with E-state index in [1.54, 1.807) is 10.6 Å². The standard InChI is InChI=1S/C34H33N3O2/c1-3-4-24-36(34(39)31(26-16-8-5-9-17-26)27-18-10-6-11-19-27)25(2)32-35-30-23-15-14-22-29(30)33(38)37(32)28-20-12-7-13-21-28/h5-23,25,31H,3-4,24H2,1-2H3. The number of rotatable bonds is 9. The molecule has 4 aromatic carbocycles. The first kappa shape index (κ1) is 26.1. The Morgan fingerprint density at radius 2 is 1.33 bits per heavy atom. The monoisotopic (exact) mass is 515 g/mol. The summed E-state index contributed by atoms with van der Waals surface area (Å²) in [7, 11) is 0. The molecule has 39 heavy (non-hydrogen) atoms. The summed E-state index contributed by atoms with van der Waals surface area (Å²) in [6.45, 7) is 4.66. The predicted molar refractivity (Wildman–Crippen MR) is 157 cm³/mol. The van der Waals surface area contributed by atoms with Crippen LogP contribution in [0.4, 0.5) is 0 Å². The molecular formula is C34H33N3O2. The Labute approximate surface area is 229 Å². The first-order valence-electron chi connectivity index (χ1n) is 13.6. The molecule has 0 fully saturated rings. The highest BCUT2D eigenvalue weighted by Gasteiger charge is 2.32. The molecule has 0 aliphatic heterocycles. The molecule has 5 aromatic rings. The SMILES string of the molecule is CCCCN(C(=O)C(c1ccccc1)c1ccccc1)C(C)c1nc2ccccc2c(=O)n1-c1ccccc1. The largest absolute Gasteiger partial charge is 0.332 e. The lowest BCUT2D eigenvalue weighted by Gasteiger charge is -2.34. The minimum Gasteiger partial charge on any atom is -0.332 e. The third kappa shape index (κ3) is 5.39. The number of fused-ring (bicyclic) bond motifs is 1. The van der Waals surface area contributed by atoms with Gasteiger partial charge >= 0.3 is 0 Å². The van der Waals surface area contributed by atoms with Crippen molar-refractivity contribution >= 4 is 16.8 Å². The second-order valence-electron chi connectivity index (χ2n) is 9.78. The molecule has 0 N–H and O–H groups in total. The fourth-order valence-electron chi connectivity index (χ4n) is 5.15. The molecule has 1 aromatic heterocycles. The Morgan fingerprint density at radius 1 is 0.795 bits per heavy atom. The fourth-order valence-corrected chi connectivity index (χ4v) is 5.15. The van der Waals surface area contributed by atoms with Crippen molar-refractivity contribution in [3.8, 4) is 5.69 Å². The van der Waals surface area contributed by atoms with E-state index in [0.717, 1.165) is 29.7 Å². The maximum Gasteiger partial charge on any atom is 0.266 e. The minimum absolute atomic E-state index is 0.00429. The molecule has 0 aliphatic rings. The Morgan fingerprint density at radius 3 is 1.92 bits per heavy atom. The van der Waals surface area contributed by atoms with Gasteiger partial charge in [-0.05, 0) is 48.7 Å². The van der Waals surface area contributed by atoms with Gasteiger partial charge in [-0.15, -0.1) is 0 Å². The van der Waals surface area contributed by atoms with Crippen molar-refractivity contribution in [2.45, 2.75) is 38.6 Å². The van der Waals surface area contributed by atoms with Crippen molar-refractivity contribution in [1.29, 1.82) is 0 Å². The van der Waals surface area contributed by atoms with Crippen LogP contribution < -0.4 is 5.56 Å². The van der Waals surface area contributed by atoms with E-state index in [9.17, 15) is 9.59 Å². The highest BCUT2D eigenvalue weighted by atomic mass is 16.2. The number of carbonyl (C=O) groups is 1. The van der Waals surface area contributed by atoms with Crippen LogP contribution in [-0.4, -0.2) is 26.9 Å². The van der Waals surface area contributed by atoms with Crippen LogP contribution in [0.25, 0.3) is 16.6 Å². The summed E-state index contributed by atoms with van der Waals surface area (Å²) in [5.74, 6) is 0.0775. The van der Waals surface area contributed by atoms with Gasteiger partial charge in [-0.1, -0.05) is 104 Å². The number of amides is 1. The number of hydrogen-bond acceptors (Lipinski definition) is 3. The highest BCUT2D eigenvalue weighted by Crippen LogP contribution is 2.31. The summed E-state index contributed by atoms with van der Waals surface area (Å²) in [6, 6.07) is 36.3. The van der Waals surface area contributed by atoms with Crippen LogP contribution in [0, 0.1) is 0 Å². The first-order valence-corrected chi connectivity index (χ1v) is 13.6. The molecule has 1 atom stereocenters. The van der Waals surface area contributed by atoms with E-state index in [2.05, 4.69) is 6.92 Å². The zero-order chi connectivity index (χ0) is 27.2. The molecule has 1 heterocycles. The zero-order valence-corrected chi connectivity index (χ0v) is 22.4. The number of para-hydroxylation sites is 2. The van der Waals surface area contributed by atoms with Gasteiger partial charge < -0.3 is 4.90 Å². The highest BCUT2D eigenvalue weighted by molar-refractivity contribution is 5.87. The van der Waals surface area contributed by atoms with Crippen LogP contribution in [-0.2, 0) is 4.79 Å². The Hall–Kier alpha value is -4.51. The second-order valence-corrected chi connectivity index (χ2v) is 9.78. The Bertz CT molecular complexity index is 1560. The second kappa shape index (κ2) is 11.9. The summed E-state index contributed by atoms with van der Waals surface area (Å²) in [4.78, 5) is 35.3. The average molecular weight is 516 g/mol. The van der Waals surface area contributed by atoms with Gasteiger partial charge in [0.05, 0.1) is 28.6 Å². The summed E-state index contributed by atoms with van der Waals surface area (Å²) >= 11 is 0. The molecule has 0 bridgehead atoms. The number of benzene rings is 4. The lowest BCUT2D eigenvalue weighted by atomic mass is 9.89. The number of carbonyl (C=O) groups excluding carboxylic acids is 1. The molecule has 0 aliphatic carbocycles. The molecule has 5 nitrogen and oxygen atoms in total. The van der Waals surface area contributed by atoms with Gasteiger partial charge in [-0.2, -0.15) is 0 Å². The summed E-state index contributed by atoms with van der Waals surface area (Å²) in [6.07, 6.45) is 1.78. The number of hydrogen-bond donors (Lipinski definition) is 0. The third-order valence-corrected chi connectivity index (χ3v) is 7.21. The molecule has 0 saturated carbocycles. The van der Waals surface area contributed by atoms with Crippen molar-refractivity contribution in [1.82, 2.24) is 14.5 Å². The molecule has 0 radical (unpaired) electrons. The maximum absolute atomic E-state index is 14.6. The molecule has 1 unspecified atom stereocenters. The zero-order valence-electron chi connectivity index (χ0n) is 22.4. The van der Waals surface area contributed by atoms with Crippen LogP contribution in [0.15, 0.2) is 120 Å². The molecule has 0 spiro atoms. The van der Waals surface area contributed by atoms with Gasteiger partial charge in [0.15, 0.2) is 0 Å². The number of unbranched alkanes of at least 4 members (excludes halogenated alkanes) is 1. The average Bonchev–Trinajstić information content (AvgIpc) is 2.99. The van der Waals surface area contributed by atoms with E-state index < -0.39 is 12.0 Å². The van der Waals surface area contributed by atoms with E-state index in [4.69, 9.17) is 4.98 Å². The summed E-state index contributed by atoms with van der Waals surface area (Å²) < 4.78 is 1.67. The van der Waals surface area contributed by atoms with Gasteiger partial charge in [0.1, 0.15) is 5.82 Å². The minimum atomic E-state index is -0.468. The normalized spacial score (nSPS) is 12.0. The van der Waals surface area contributed by atoms with Crippen molar-refractivity contribution in [2.24, 2.45) is 0 Å². The van der Waals surface area contributed by atoms with Crippen molar-refractivity contribution < 1.29 is 4.79 Å². The molecule has 1 amide bonds. The predicted octanol–water partition coefficient (Wildman–Crippen LogP) is 6.91. The van der Waals surface area contributed by atoms with E-state index in [-0.39, 0.29) is 11.5 Å². The molecular weight excluding hydrogens is 482 g/mol. The maximum atomic E-state index is 14.6. The lowest BCUT2D eigenvalue weighted by Crippen LogP contribution is -2.40. The smallest absolute Gasteiger partial charge is 0.266 e. The molecule has 5 rings (SSSR count). The van der Waals surface area contributed by atoms with E-state index >= 15 is 0 Å². The fraction of sp³-hybridized carbons (Fsp3) is 0.206. The number of nitrogens with zero attached hydrogens (tertiary/aromatic N) is 3. The third-order valence-electron chi connectivity index (χ3n) is 7.21. The van der Waals surface area contributed by atoms with Gasteiger partial charge in [-0.3, -0.25) is 14.2 Å². The lowest BCUT2D eigenvalue weighted by molar-refractivity contribution is -0.134. The van der Waals surface area contributed by atoms with E-state index in [1.165, 1.54) is 0 Å². The van der Waals surface area contributed by atoms with Gasteiger partial charge in [0.2, 0.25) is 5.91 Å². The van der Waals surface area contributed by atoms with Crippen LogP contribution in [0.2, 0.25) is 0 Å². The van der Waals surface area contributed by atoms with Gasteiger partial charge in [-0.25, -0.2) is 4.98 Å². The van der Waals surface area contributed by atoms with Crippen LogP contribution in [0.1, 0.15) is 55.6 Å². The molecule has 0 saturated heterocycles. The van der Waals surface area contributed by atoms with Crippen LogP contribution in [0.5, 0.6) is 0 Å². The Balaban J connectivity index is 1.67. The first-order chi connectivity index (χ1) is 19.1.